The molecule has 0 aliphatic carbocycles. The Hall–Kier alpha value is -2.84. The first-order valence-corrected chi connectivity index (χ1v) is 7.11. The highest BCUT2D eigenvalue weighted by Crippen LogP contribution is 2.23. The van der Waals surface area contributed by atoms with Gasteiger partial charge in [0, 0.05) is 5.02 Å². The number of hydrogen-bond acceptors (Lipinski definition) is 4. The smallest absolute Gasteiger partial charge is 0.262 e. The quantitative estimate of drug-likeness (QED) is 0.853. The number of ketones is 1. The predicted molar refractivity (Wildman–Crippen MR) is 86.7 cm³/mol. The minimum absolute atomic E-state index is 0.210. The molecule has 0 aliphatic heterocycles. The summed E-state index contributed by atoms with van der Waals surface area (Å²) in [5.74, 6) is -0.361. The van der Waals surface area contributed by atoms with Gasteiger partial charge in [-0.2, -0.15) is 5.26 Å². The van der Waals surface area contributed by atoms with Gasteiger partial charge in [-0.1, -0.05) is 23.7 Å². The molecular weight excluding hydrogens is 316 g/mol. The van der Waals surface area contributed by atoms with E-state index in [-0.39, 0.29) is 18.1 Å². The highest BCUT2D eigenvalue weighted by Gasteiger charge is 2.12. The summed E-state index contributed by atoms with van der Waals surface area (Å²) in [4.78, 5) is 23.5. The fourth-order valence-electron chi connectivity index (χ4n) is 1.92. The lowest BCUT2D eigenvalue weighted by atomic mass is 10.1. The molecule has 0 bridgehead atoms. The van der Waals surface area contributed by atoms with Gasteiger partial charge in [-0.05, 0) is 37.3 Å². The topological polar surface area (TPSA) is 79.2 Å². The van der Waals surface area contributed by atoms with Crippen LogP contribution in [-0.4, -0.2) is 18.3 Å². The van der Waals surface area contributed by atoms with E-state index in [9.17, 15) is 9.59 Å². The van der Waals surface area contributed by atoms with E-state index in [2.05, 4.69) is 5.32 Å². The number of para-hydroxylation sites is 1. The lowest BCUT2D eigenvalue weighted by Crippen LogP contribution is -2.21. The zero-order valence-corrected chi connectivity index (χ0v) is 13.1. The molecule has 2 rings (SSSR count). The molecule has 2 aromatic rings. The Bertz CT molecular complexity index is 797. The van der Waals surface area contributed by atoms with Gasteiger partial charge in [-0.3, -0.25) is 9.59 Å². The van der Waals surface area contributed by atoms with E-state index in [4.69, 9.17) is 21.6 Å². The molecule has 0 spiro atoms. The molecule has 0 aromatic heterocycles. The van der Waals surface area contributed by atoms with Crippen molar-refractivity contribution in [2.45, 2.75) is 6.92 Å². The minimum Gasteiger partial charge on any atom is -0.483 e. The SMILES string of the molecule is CC(=O)c1cc(Cl)ccc1OCC(=O)Nc1ccccc1C#N. The maximum absolute atomic E-state index is 11.9. The molecule has 0 radical (unpaired) electrons. The van der Waals surface area contributed by atoms with Gasteiger partial charge in [0.25, 0.3) is 5.91 Å². The van der Waals surface area contributed by atoms with Crippen LogP contribution in [0.5, 0.6) is 5.75 Å². The van der Waals surface area contributed by atoms with Crippen molar-refractivity contribution in [2.75, 3.05) is 11.9 Å². The summed E-state index contributed by atoms with van der Waals surface area (Å²) in [5, 5.41) is 12.0. The number of Topliss-reactive ketones (excluding diaryl/α,β-unsaturated/α-hetero) is 1. The van der Waals surface area contributed by atoms with Crippen molar-refractivity contribution < 1.29 is 14.3 Å². The number of ether oxygens (including phenoxy) is 1. The number of amides is 1. The number of carbonyl (C=O) groups is 2. The summed E-state index contributed by atoms with van der Waals surface area (Å²) >= 11 is 5.85. The maximum atomic E-state index is 11.9. The third-order valence-corrected chi connectivity index (χ3v) is 3.24. The molecule has 1 amide bonds. The second-order valence-electron chi connectivity index (χ2n) is 4.69. The number of rotatable bonds is 5. The number of nitriles is 1. The Balaban J connectivity index is 2.06. The number of anilines is 1. The average Bonchev–Trinajstić information content (AvgIpc) is 2.54. The van der Waals surface area contributed by atoms with E-state index >= 15 is 0 Å². The number of benzene rings is 2. The summed E-state index contributed by atoms with van der Waals surface area (Å²) in [6.45, 7) is 1.10. The Kier molecular flexibility index (Phi) is 5.34. The Morgan fingerprint density at radius 1 is 1.26 bits per heavy atom. The third kappa shape index (κ3) is 4.31. The van der Waals surface area contributed by atoms with Crippen LogP contribution >= 0.6 is 11.6 Å². The Morgan fingerprint density at radius 3 is 2.70 bits per heavy atom. The fraction of sp³-hybridized carbons (Fsp3) is 0.118. The van der Waals surface area contributed by atoms with Gasteiger partial charge in [0.2, 0.25) is 0 Å². The summed E-state index contributed by atoms with van der Waals surface area (Å²) < 4.78 is 5.39. The summed E-state index contributed by atoms with van der Waals surface area (Å²) in [6, 6.07) is 13.2. The predicted octanol–water partition coefficient (Wildman–Crippen LogP) is 3.43. The summed E-state index contributed by atoms with van der Waals surface area (Å²) in [7, 11) is 0. The maximum Gasteiger partial charge on any atom is 0.262 e. The van der Waals surface area contributed by atoms with Gasteiger partial charge >= 0.3 is 0 Å². The van der Waals surface area contributed by atoms with Crippen LogP contribution in [0.2, 0.25) is 5.02 Å². The van der Waals surface area contributed by atoms with Crippen LogP contribution in [0.1, 0.15) is 22.8 Å². The highest BCUT2D eigenvalue weighted by atomic mass is 35.5. The molecule has 1 N–H and O–H groups in total. The Labute approximate surface area is 138 Å². The molecule has 0 heterocycles. The second kappa shape index (κ2) is 7.43. The van der Waals surface area contributed by atoms with Crippen molar-refractivity contribution in [2.24, 2.45) is 0 Å². The molecule has 2 aromatic carbocycles. The number of nitrogens with one attached hydrogen (secondary N) is 1. The van der Waals surface area contributed by atoms with Crippen molar-refractivity contribution in [3.05, 3.63) is 58.6 Å². The van der Waals surface area contributed by atoms with Gasteiger partial charge < -0.3 is 10.1 Å². The van der Waals surface area contributed by atoms with Crippen LogP contribution in [0.3, 0.4) is 0 Å². The van der Waals surface area contributed by atoms with Crippen molar-refractivity contribution in [1.29, 1.82) is 5.26 Å². The lowest BCUT2D eigenvalue weighted by molar-refractivity contribution is -0.118. The Morgan fingerprint density at radius 2 is 2.00 bits per heavy atom. The van der Waals surface area contributed by atoms with Crippen LogP contribution < -0.4 is 10.1 Å². The third-order valence-electron chi connectivity index (χ3n) is 3.00. The number of halogens is 1. The standard InChI is InChI=1S/C17H13ClN2O3/c1-11(21)14-8-13(18)6-7-16(14)23-10-17(22)20-15-5-3-2-4-12(15)9-19/h2-8H,10H2,1H3,(H,20,22). The molecule has 0 saturated heterocycles. The van der Waals surface area contributed by atoms with Gasteiger partial charge in [-0.25, -0.2) is 0 Å². The van der Waals surface area contributed by atoms with E-state index in [1.807, 2.05) is 6.07 Å². The zero-order valence-electron chi connectivity index (χ0n) is 12.3. The van der Waals surface area contributed by atoms with Crippen LogP contribution in [0.25, 0.3) is 0 Å². The first-order chi connectivity index (χ1) is 11.0. The van der Waals surface area contributed by atoms with Crippen LogP contribution in [0.15, 0.2) is 42.5 Å². The van der Waals surface area contributed by atoms with Gasteiger partial charge in [-0.15, -0.1) is 0 Å². The average molecular weight is 329 g/mol. The van der Waals surface area contributed by atoms with Gasteiger partial charge in [0.15, 0.2) is 12.4 Å². The summed E-state index contributed by atoms with van der Waals surface area (Å²) in [5.41, 5.74) is 1.07. The van der Waals surface area contributed by atoms with Gasteiger partial charge in [0.1, 0.15) is 11.8 Å². The van der Waals surface area contributed by atoms with E-state index in [0.717, 1.165) is 0 Å². The monoisotopic (exact) mass is 328 g/mol. The normalized spacial score (nSPS) is 9.78. The molecule has 0 saturated carbocycles. The molecule has 5 nitrogen and oxygen atoms in total. The van der Waals surface area contributed by atoms with E-state index < -0.39 is 5.91 Å². The van der Waals surface area contributed by atoms with E-state index in [1.165, 1.54) is 19.1 Å². The summed E-state index contributed by atoms with van der Waals surface area (Å²) in [6.07, 6.45) is 0. The van der Waals surface area contributed by atoms with E-state index in [0.29, 0.717) is 21.8 Å². The molecule has 116 valence electrons. The van der Waals surface area contributed by atoms with Crippen LogP contribution in [-0.2, 0) is 4.79 Å². The molecule has 23 heavy (non-hydrogen) atoms. The minimum atomic E-state index is -0.433. The molecule has 0 unspecified atom stereocenters. The van der Waals surface area contributed by atoms with Crippen LogP contribution in [0, 0.1) is 11.3 Å². The number of carbonyl (C=O) groups excluding carboxylic acids is 2. The molecule has 6 heteroatoms. The second-order valence-corrected chi connectivity index (χ2v) is 5.13. The van der Waals surface area contributed by atoms with Gasteiger partial charge in [0.05, 0.1) is 16.8 Å². The first kappa shape index (κ1) is 16.5. The van der Waals surface area contributed by atoms with Crippen molar-refractivity contribution in [1.82, 2.24) is 0 Å². The number of nitrogens with zero attached hydrogens (tertiary/aromatic N) is 1. The molecule has 0 atom stereocenters. The molecule has 0 aliphatic rings. The largest absolute Gasteiger partial charge is 0.483 e. The van der Waals surface area contributed by atoms with Crippen molar-refractivity contribution >= 4 is 29.0 Å². The fourth-order valence-corrected chi connectivity index (χ4v) is 2.09. The van der Waals surface area contributed by atoms with E-state index in [1.54, 1.807) is 30.3 Å². The molecule has 0 fully saturated rings. The highest BCUT2D eigenvalue weighted by molar-refractivity contribution is 6.31. The van der Waals surface area contributed by atoms with Crippen molar-refractivity contribution in [3.63, 3.8) is 0 Å². The van der Waals surface area contributed by atoms with Crippen molar-refractivity contribution in [3.8, 4) is 11.8 Å². The number of hydrogen-bond donors (Lipinski definition) is 1. The first-order valence-electron chi connectivity index (χ1n) is 6.73. The zero-order chi connectivity index (χ0) is 16.8. The lowest BCUT2D eigenvalue weighted by Gasteiger charge is -2.11. The van der Waals surface area contributed by atoms with Crippen LogP contribution in [0.4, 0.5) is 5.69 Å². The molecular formula is C17H13ClN2O3.